The fraction of sp³-hybridized carbons (Fsp3) is 0.800. The zero-order chi connectivity index (χ0) is 11.8. The Morgan fingerprint density at radius 2 is 2.00 bits per heavy atom. The van der Waals surface area contributed by atoms with Crippen LogP contribution < -0.4 is 5.32 Å². The van der Waals surface area contributed by atoms with Gasteiger partial charge < -0.3 is 15.3 Å². The van der Waals surface area contributed by atoms with E-state index in [1.54, 1.807) is 6.92 Å². The van der Waals surface area contributed by atoms with Gasteiger partial charge in [0.1, 0.15) is 6.54 Å². The van der Waals surface area contributed by atoms with Gasteiger partial charge in [0, 0.05) is 13.1 Å². The topological polar surface area (TPSA) is 69.6 Å². The molecule has 2 amide bonds. The number of hydrogen-bond acceptors (Lipinski definition) is 2. The number of aliphatic carboxylic acids is 1. The van der Waals surface area contributed by atoms with Crippen molar-refractivity contribution in [2.24, 2.45) is 5.92 Å². The number of carboxylic acid groups (broad SMARTS) is 1. The largest absolute Gasteiger partial charge is 0.480 e. The van der Waals surface area contributed by atoms with E-state index < -0.39 is 5.97 Å². The monoisotopic (exact) mass is 216 g/mol. The lowest BCUT2D eigenvalue weighted by molar-refractivity contribution is -0.137. The van der Waals surface area contributed by atoms with Crippen molar-refractivity contribution >= 4 is 12.0 Å². The van der Waals surface area contributed by atoms with E-state index in [0.29, 0.717) is 19.0 Å². The number of hydrogen-bond donors (Lipinski definition) is 2. The highest BCUT2D eigenvalue weighted by Crippen LogP contribution is 1.97. The highest BCUT2D eigenvalue weighted by Gasteiger charge is 2.13. The molecule has 0 saturated carbocycles. The minimum absolute atomic E-state index is 0.246. The molecule has 0 aromatic heterocycles. The van der Waals surface area contributed by atoms with Crippen LogP contribution in [0.5, 0.6) is 0 Å². The molecule has 0 spiro atoms. The van der Waals surface area contributed by atoms with Crippen molar-refractivity contribution in [3.05, 3.63) is 0 Å². The van der Waals surface area contributed by atoms with Gasteiger partial charge in [0.25, 0.3) is 0 Å². The van der Waals surface area contributed by atoms with Gasteiger partial charge in [-0.15, -0.1) is 0 Å². The maximum absolute atomic E-state index is 11.4. The van der Waals surface area contributed by atoms with Crippen LogP contribution in [0.15, 0.2) is 0 Å². The van der Waals surface area contributed by atoms with Gasteiger partial charge in [0.15, 0.2) is 0 Å². The number of carbonyl (C=O) groups excluding carboxylic acids is 1. The first-order valence-electron chi connectivity index (χ1n) is 5.22. The third-order valence-corrected chi connectivity index (χ3v) is 1.99. The van der Waals surface area contributed by atoms with Gasteiger partial charge in [-0.1, -0.05) is 13.8 Å². The van der Waals surface area contributed by atoms with Crippen molar-refractivity contribution in [2.75, 3.05) is 19.6 Å². The van der Waals surface area contributed by atoms with Crippen LogP contribution >= 0.6 is 0 Å². The molecule has 0 aliphatic carbocycles. The van der Waals surface area contributed by atoms with Crippen LogP contribution in [0.3, 0.4) is 0 Å². The first-order chi connectivity index (χ1) is 6.97. The zero-order valence-electron chi connectivity index (χ0n) is 9.62. The maximum Gasteiger partial charge on any atom is 0.323 e. The number of urea groups is 1. The predicted octanol–water partition coefficient (Wildman–Crippen LogP) is 1.15. The molecule has 0 heterocycles. The van der Waals surface area contributed by atoms with Gasteiger partial charge in [0.05, 0.1) is 0 Å². The van der Waals surface area contributed by atoms with Gasteiger partial charge in [-0.05, 0) is 19.3 Å². The summed E-state index contributed by atoms with van der Waals surface area (Å²) in [5, 5.41) is 11.2. The first-order valence-corrected chi connectivity index (χ1v) is 5.22. The van der Waals surface area contributed by atoms with Crippen molar-refractivity contribution in [3.63, 3.8) is 0 Å². The fourth-order valence-corrected chi connectivity index (χ4v) is 1.07. The number of likely N-dealkylation sites (N-methyl/N-ethyl adjacent to an activating group) is 1. The normalized spacial score (nSPS) is 10.1. The van der Waals surface area contributed by atoms with Crippen LogP contribution in [0.2, 0.25) is 0 Å². The number of nitrogens with zero attached hydrogens (tertiary/aromatic N) is 1. The van der Waals surface area contributed by atoms with E-state index in [-0.39, 0.29) is 12.6 Å². The molecule has 0 bridgehead atoms. The summed E-state index contributed by atoms with van der Waals surface area (Å²) in [6, 6.07) is -0.305. The molecule has 0 atom stereocenters. The van der Waals surface area contributed by atoms with Crippen LogP contribution in [0.4, 0.5) is 4.79 Å². The zero-order valence-corrected chi connectivity index (χ0v) is 9.62. The van der Waals surface area contributed by atoms with Gasteiger partial charge in [-0.3, -0.25) is 4.79 Å². The van der Waals surface area contributed by atoms with E-state index in [2.05, 4.69) is 19.2 Å². The van der Waals surface area contributed by atoms with E-state index >= 15 is 0 Å². The second-order valence-electron chi connectivity index (χ2n) is 3.82. The average molecular weight is 216 g/mol. The number of amides is 2. The molecule has 0 aliphatic rings. The summed E-state index contributed by atoms with van der Waals surface area (Å²) in [5.74, 6) is -0.462. The second-order valence-corrected chi connectivity index (χ2v) is 3.82. The lowest BCUT2D eigenvalue weighted by atomic mass is 10.1. The Labute approximate surface area is 90.5 Å². The SMILES string of the molecule is CCN(CC(=O)O)C(=O)NCCC(C)C. The minimum Gasteiger partial charge on any atom is -0.480 e. The lowest BCUT2D eigenvalue weighted by Gasteiger charge is -2.19. The molecule has 0 rings (SSSR count). The van der Waals surface area contributed by atoms with E-state index in [9.17, 15) is 9.59 Å². The second kappa shape index (κ2) is 7.09. The number of carboxylic acids is 1. The smallest absolute Gasteiger partial charge is 0.323 e. The summed E-state index contributed by atoms with van der Waals surface area (Å²) in [7, 11) is 0. The molecule has 0 aliphatic heterocycles. The first kappa shape index (κ1) is 13.7. The Bertz CT molecular complexity index is 217. The van der Waals surface area contributed by atoms with E-state index in [0.717, 1.165) is 6.42 Å². The predicted molar refractivity (Wildman–Crippen MR) is 57.7 cm³/mol. The lowest BCUT2D eigenvalue weighted by Crippen LogP contribution is -2.43. The summed E-state index contributed by atoms with van der Waals surface area (Å²) in [5.41, 5.74) is 0. The molecule has 0 saturated heterocycles. The number of nitrogens with one attached hydrogen (secondary N) is 1. The van der Waals surface area contributed by atoms with Gasteiger partial charge in [-0.2, -0.15) is 0 Å². The molecular formula is C10H20N2O3. The van der Waals surface area contributed by atoms with Crippen LogP contribution in [-0.4, -0.2) is 41.6 Å². The van der Waals surface area contributed by atoms with Crippen molar-refractivity contribution in [1.82, 2.24) is 10.2 Å². The summed E-state index contributed by atoms with van der Waals surface area (Å²) < 4.78 is 0. The molecule has 2 N–H and O–H groups in total. The van der Waals surface area contributed by atoms with E-state index in [4.69, 9.17) is 5.11 Å². The molecule has 0 radical (unpaired) electrons. The average Bonchev–Trinajstić information content (AvgIpc) is 2.13. The molecule has 0 fully saturated rings. The Balaban J connectivity index is 3.88. The van der Waals surface area contributed by atoms with Crippen molar-refractivity contribution < 1.29 is 14.7 Å². The maximum atomic E-state index is 11.4. The molecule has 88 valence electrons. The van der Waals surface area contributed by atoms with Crippen LogP contribution in [0.25, 0.3) is 0 Å². The third-order valence-electron chi connectivity index (χ3n) is 1.99. The Morgan fingerprint density at radius 3 is 2.40 bits per heavy atom. The third kappa shape index (κ3) is 6.76. The summed E-state index contributed by atoms with van der Waals surface area (Å²) >= 11 is 0. The Kier molecular flexibility index (Phi) is 6.49. The van der Waals surface area contributed by atoms with Crippen LogP contribution in [0, 0.1) is 5.92 Å². The minimum atomic E-state index is -0.990. The van der Waals surface area contributed by atoms with Crippen molar-refractivity contribution in [3.8, 4) is 0 Å². The highest BCUT2D eigenvalue weighted by atomic mass is 16.4. The van der Waals surface area contributed by atoms with Gasteiger partial charge in [-0.25, -0.2) is 4.79 Å². The van der Waals surface area contributed by atoms with Crippen molar-refractivity contribution in [1.29, 1.82) is 0 Å². The Hall–Kier alpha value is -1.26. The molecule has 0 aromatic rings. The van der Waals surface area contributed by atoms with Gasteiger partial charge >= 0.3 is 12.0 Å². The summed E-state index contributed by atoms with van der Waals surface area (Å²) in [4.78, 5) is 23.1. The quantitative estimate of drug-likeness (QED) is 0.699. The van der Waals surface area contributed by atoms with E-state index in [1.807, 2.05) is 0 Å². The molecule has 15 heavy (non-hydrogen) atoms. The molecule has 0 unspecified atom stereocenters. The molecule has 5 nitrogen and oxygen atoms in total. The summed E-state index contributed by atoms with van der Waals surface area (Å²) in [6.07, 6.45) is 0.899. The molecular weight excluding hydrogens is 196 g/mol. The Morgan fingerprint density at radius 1 is 1.40 bits per heavy atom. The molecule has 5 heteroatoms. The molecule has 0 aromatic carbocycles. The number of carbonyl (C=O) groups is 2. The highest BCUT2D eigenvalue weighted by molar-refractivity contribution is 5.79. The van der Waals surface area contributed by atoms with Crippen LogP contribution in [0.1, 0.15) is 27.2 Å². The van der Waals surface area contributed by atoms with Crippen LogP contribution in [-0.2, 0) is 4.79 Å². The summed E-state index contributed by atoms with van der Waals surface area (Å²) in [6.45, 7) is 6.64. The van der Waals surface area contributed by atoms with Gasteiger partial charge in [0.2, 0.25) is 0 Å². The van der Waals surface area contributed by atoms with E-state index in [1.165, 1.54) is 4.90 Å². The fourth-order valence-electron chi connectivity index (χ4n) is 1.07. The van der Waals surface area contributed by atoms with Crippen molar-refractivity contribution in [2.45, 2.75) is 27.2 Å². The standard InChI is InChI=1S/C10H20N2O3/c1-4-12(7-9(13)14)10(15)11-6-5-8(2)3/h8H,4-7H2,1-3H3,(H,11,15)(H,13,14). The number of rotatable bonds is 6.